The van der Waals surface area contributed by atoms with Crippen LogP contribution < -0.4 is 14.8 Å². The third-order valence-corrected chi connectivity index (χ3v) is 4.41. The molecule has 1 aromatic carbocycles. The highest BCUT2D eigenvalue weighted by atomic mass is 35.5. The Bertz CT molecular complexity index is 779. The number of aromatic nitrogens is 2. The minimum Gasteiger partial charge on any atom is -0.495 e. The zero-order valence-electron chi connectivity index (χ0n) is 14.7. The van der Waals surface area contributed by atoms with E-state index in [0.29, 0.717) is 41.3 Å². The summed E-state index contributed by atoms with van der Waals surface area (Å²) >= 11 is 6.00. The molecule has 0 spiro atoms. The lowest BCUT2D eigenvalue weighted by atomic mass is 10.1. The lowest BCUT2D eigenvalue weighted by molar-refractivity contribution is 0.111. The van der Waals surface area contributed by atoms with Gasteiger partial charge in [-0.25, -0.2) is 9.78 Å². The maximum Gasteiger partial charge on any atom is 0.321 e. The summed E-state index contributed by atoms with van der Waals surface area (Å²) in [4.78, 5) is 22.6. The summed E-state index contributed by atoms with van der Waals surface area (Å²) < 4.78 is 11.1. The number of anilines is 1. The second kappa shape index (κ2) is 8.23. The maximum absolute atomic E-state index is 12.5. The molecule has 1 fully saturated rings. The molecule has 3 rings (SSSR count). The predicted octanol–water partition coefficient (Wildman–Crippen LogP) is 3.52. The minimum absolute atomic E-state index is 0.0362. The average Bonchev–Trinajstić information content (AvgIpc) is 2.62. The first-order chi connectivity index (χ1) is 12.5. The van der Waals surface area contributed by atoms with Crippen molar-refractivity contribution in [3.05, 3.63) is 41.3 Å². The predicted molar refractivity (Wildman–Crippen MR) is 99.0 cm³/mol. The minimum atomic E-state index is -0.179. The van der Waals surface area contributed by atoms with E-state index in [2.05, 4.69) is 15.3 Å². The second-order valence-electron chi connectivity index (χ2n) is 6.02. The Balaban J connectivity index is 1.54. The first-order valence-electron chi connectivity index (χ1n) is 8.41. The van der Waals surface area contributed by atoms with Gasteiger partial charge in [-0.2, -0.15) is 4.98 Å². The molecule has 1 saturated heterocycles. The highest BCUT2D eigenvalue weighted by Gasteiger charge is 2.25. The molecule has 0 saturated carbocycles. The number of carbonyl (C=O) groups is 1. The molecule has 2 amide bonds. The Labute approximate surface area is 157 Å². The number of piperidine rings is 1. The van der Waals surface area contributed by atoms with Crippen LogP contribution in [0.25, 0.3) is 0 Å². The molecule has 1 N–H and O–H groups in total. The first-order valence-corrected chi connectivity index (χ1v) is 8.78. The number of methoxy groups -OCH3 is 1. The Morgan fingerprint density at radius 2 is 2.08 bits per heavy atom. The molecule has 0 atom stereocenters. The van der Waals surface area contributed by atoms with Gasteiger partial charge >= 0.3 is 6.03 Å². The van der Waals surface area contributed by atoms with Crippen molar-refractivity contribution in [2.45, 2.75) is 25.9 Å². The highest BCUT2D eigenvalue weighted by Crippen LogP contribution is 2.28. The number of carbonyl (C=O) groups excluding carboxylic acids is 1. The number of nitrogens with zero attached hydrogens (tertiary/aromatic N) is 3. The van der Waals surface area contributed by atoms with Crippen molar-refractivity contribution in [1.29, 1.82) is 0 Å². The largest absolute Gasteiger partial charge is 0.495 e. The summed E-state index contributed by atoms with van der Waals surface area (Å²) in [7, 11) is 1.55. The monoisotopic (exact) mass is 376 g/mol. The Kier molecular flexibility index (Phi) is 5.78. The molecule has 1 aromatic heterocycles. The van der Waals surface area contributed by atoms with Crippen molar-refractivity contribution in [3.8, 4) is 11.6 Å². The Hall–Kier alpha value is -2.54. The van der Waals surface area contributed by atoms with Crippen LogP contribution in [0, 0.1) is 6.92 Å². The third kappa shape index (κ3) is 4.54. The smallest absolute Gasteiger partial charge is 0.321 e. The van der Waals surface area contributed by atoms with Crippen LogP contribution >= 0.6 is 11.6 Å². The summed E-state index contributed by atoms with van der Waals surface area (Å²) in [6.45, 7) is 3.02. The average molecular weight is 377 g/mol. The molecular formula is C18H21ClN4O3. The zero-order chi connectivity index (χ0) is 18.5. The van der Waals surface area contributed by atoms with Gasteiger partial charge in [-0.05, 0) is 25.1 Å². The van der Waals surface area contributed by atoms with Gasteiger partial charge in [0.25, 0.3) is 0 Å². The number of hydrogen-bond acceptors (Lipinski definition) is 5. The van der Waals surface area contributed by atoms with E-state index in [-0.39, 0.29) is 12.1 Å². The van der Waals surface area contributed by atoms with Gasteiger partial charge in [-0.1, -0.05) is 11.6 Å². The maximum atomic E-state index is 12.5. The van der Waals surface area contributed by atoms with Crippen LogP contribution in [-0.4, -0.2) is 47.2 Å². The van der Waals surface area contributed by atoms with Crippen molar-refractivity contribution in [2.75, 3.05) is 25.5 Å². The number of aryl methyl sites for hydroxylation is 1. The second-order valence-corrected chi connectivity index (χ2v) is 6.46. The normalized spacial score (nSPS) is 14.8. The number of urea groups is 1. The number of amides is 2. The Morgan fingerprint density at radius 1 is 1.31 bits per heavy atom. The number of ether oxygens (including phenoxy) is 2. The molecule has 0 unspecified atom stereocenters. The number of likely N-dealkylation sites (tertiary alicyclic amines) is 1. The van der Waals surface area contributed by atoms with E-state index >= 15 is 0 Å². The van der Waals surface area contributed by atoms with Crippen LogP contribution in [0.5, 0.6) is 11.6 Å². The van der Waals surface area contributed by atoms with Crippen molar-refractivity contribution < 1.29 is 14.3 Å². The summed E-state index contributed by atoms with van der Waals surface area (Å²) in [6, 6.07) is 6.68. The van der Waals surface area contributed by atoms with Gasteiger partial charge < -0.3 is 19.7 Å². The molecule has 7 nitrogen and oxygen atoms in total. The van der Waals surface area contributed by atoms with Crippen molar-refractivity contribution in [1.82, 2.24) is 14.9 Å². The molecule has 26 heavy (non-hydrogen) atoms. The SMILES string of the molecule is COc1ccc(Cl)cc1NC(=O)N1CCC(Oc2ccnc(C)n2)CC1. The van der Waals surface area contributed by atoms with Crippen LogP contribution in [0.3, 0.4) is 0 Å². The Morgan fingerprint density at radius 3 is 2.77 bits per heavy atom. The lowest BCUT2D eigenvalue weighted by Gasteiger charge is -2.32. The van der Waals surface area contributed by atoms with E-state index in [9.17, 15) is 4.79 Å². The van der Waals surface area contributed by atoms with Gasteiger partial charge in [0.05, 0.1) is 12.8 Å². The number of benzene rings is 1. The van der Waals surface area contributed by atoms with Crippen molar-refractivity contribution in [3.63, 3.8) is 0 Å². The fraction of sp³-hybridized carbons (Fsp3) is 0.389. The van der Waals surface area contributed by atoms with Gasteiger partial charge in [-0.3, -0.25) is 0 Å². The highest BCUT2D eigenvalue weighted by molar-refractivity contribution is 6.31. The molecule has 138 valence electrons. The van der Waals surface area contributed by atoms with Crippen LogP contribution in [-0.2, 0) is 0 Å². The molecule has 2 aromatic rings. The first kappa shape index (κ1) is 18.3. The van der Waals surface area contributed by atoms with Gasteiger partial charge in [0.2, 0.25) is 5.88 Å². The lowest BCUT2D eigenvalue weighted by Crippen LogP contribution is -2.43. The summed E-state index contributed by atoms with van der Waals surface area (Å²) in [5.41, 5.74) is 0.555. The van der Waals surface area contributed by atoms with E-state index < -0.39 is 0 Å². The summed E-state index contributed by atoms with van der Waals surface area (Å²) in [5, 5.41) is 3.40. The van der Waals surface area contributed by atoms with Crippen LogP contribution in [0.15, 0.2) is 30.5 Å². The molecule has 8 heteroatoms. The molecular weight excluding hydrogens is 356 g/mol. The van der Waals surface area contributed by atoms with E-state index in [4.69, 9.17) is 21.1 Å². The number of halogens is 1. The molecule has 1 aliphatic heterocycles. The van der Waals surface area contributed by atoms with Crippen LogP contribution in [0.2, 0.25) is 5.02 Å². The van der Waals surface area contributed by atoms with E-state index in [1.165, 1.54) is 0 Å². The standard InChI is InChI=1S/C18H21ClN4O3/c1-12-20-8-5-17(21-12)26-14-6-9-23(10-7-14)18(24)22-15-11-13(19)3-4-16(15)25-2/h3-5,8,11,14H,6-7,9-10H2,1-2H3,(H,22,24). The van der Waals surface area contributed by atoms with E-state index in [0.717, 1.165) is 12.8 Å². The number of nitrogens with one attached hydrogen (secondary N) is 1. The van der Waals surface area contributed by atoms with Crippen LogP contribution in [0.4, 0.5) is 10.5 Å². The number of hydrogen-bond donors (Lipinski definition) is 1. The van der Waals surface area contributed by atoms with E-state index in [1.54, 1.807) is 42.5 Å². The molecule has 0 radical (unpaired) electrons. The fourth-order valence-electron chi connectivity index (χ4n) is 2.82. The van der Waals surface area contributed by atoms with Crippen LogP contribution in [0.1, 0.15) is 18.7 Å². The third-order valence-electron chi connectivity index (χ3n) is 4.17. The zero-order valence-corrected chi connectivity index (χ0v) is 15.5. The fourth-order valence-corrected chi connectivity index (χ4v) is 2.99. The quantitative estimate of drug-likeness (QED) is 0.883. The van der Waals surface area contributed by atoms with E-state index in [1.807, 2.05) is 6.92 Å². The summed E-state index contributed by atoms with van der Waals surface area (Å²) in [6.07, 6.45) is 3.19. The topological polar surface area (TPSA) is 76.6 Å². The van der Waals surface area contributed by atoms with Gasteiger partial charge in [0.1, 0.15) is 17.7 Å². The van der Waals surface area contributed by atoms with Crippen molar-refractivity contribution in [2.24, 2.45) is 0 Å². The van der Waals surface area contributed by atoms with Gasteiger partial charge in [0, 0.05) is 43.2 Å². The molecule has 0 bridgehead atoms. The molecule has 1 aliphatic rings. The van der Waals surface area contributed by atoms with Gasteiger partial charge in [0.15, 0.2) is 0 Å². The molecule has 0 aliphatic carbocycles. The van der Waals surface area contributed by atoms with Crippen molar-refractivity contribution >= 4 is 23.3 Å². The van der Waals surface area contributed by atoms with Gasteiger partial charge in [-0.15, -0.1) is 0 Å². The molecule has 2 heterocycles. The number of rotatable bonds is 4. The summed E-state index contributed by atoms with van der Waals surface area (Å²) in [5.74, 6) is 1.82.